The summed E-state index contributed by atoms with van der Waals surface area (Å²) in [7, 11) is 0. The van der Waals surface area contributed by atoms with Gasteiger partial charge in [-0.25, -0.2) is 9.86 Å². The van der Waals surface area contributed by atoms with Crippen LogP contribution in [0.5, 0.6) is 0 Å². The van der Waals surface area contributed by atoms with Gasteiger partial charge in [-0.3, -0.25) is 4.84 Å². The topological polar surface area (TPSA) is 38.8 Å². The fraction of sp³-hybridized carbons (Fsp3) is 0.278. The molecule has 0 bridgehead atoms. The zero-order valence-corrected chi connectivity index (χ0v) is 13.6. The highest BCUT2D eigenvalue weighted by Gasteiger charge is 2.39. The number of carbonyl (C=O) groups excluding carboxylic acids is 1. The maximum absolute atomic E-state index is 12.1. The van der Waals surface area contributed by atoms with E-state index in [1.807, 2.05) is 42.5 Å². The van der Waals surface area contributed by atoms with E-state index in [4.69, 9.17) is 21.2 Å². The van der Waals surface area contributed by atoms with E-state index < -0.39 is 6.10 Å². The minimum atomic E-state index is -0.601. The Hall–Kier alpha value is -2.04. The van der Waals surface area contributed by atoms with Crippen molar-refractivity contribution in [3.8, 4) is 0 Å². The van der Waals surface area contributed by atoms with Crippen molar-refractivity contribution in [1.29, 1.82) is 0 Å². The molecule has 1 saturated heterocycles. The van der Waals surface area contributed by atoms with E-state index in [1.165, 1.54) is 0 Å². The first-order chi connectivity index (χ1) is 11.2. The molecular formula is C18H18ClNO3. The summed E-state index contributed by atoms with van der Waals surface area (Å²) < 4.78 is 5.10. The highest BCUT2D eigenvalue weighted by Crippen LogP contribution is 2.38. The summed E-state index contributed by atoms with van der Waals surface area (Å²) in [6.07, 6.45) is -0.0540. The van der Waals surface area contributed by atoms with Gasteiger partial charge in [0.05, 0.1) is 18.3 Å². The van der Waals surface area contributed by atoms with Crippen molar-refractivity contribution in [2.45, 2.75) is 25.5 Å². The molecule has 2 atom stereocenters. The van der Waals surface area contributed by atoms with Gasteiger partial charge in [0.25, 0.3) is 0 Å². The SMILES string of the molecule is CCOC(=O)[C@H]1C[C@H](c2ccccc2)N(c2ccc(Cl)cc2)O1. The van der Waals surface area contributed by atoms with E-state index in [2.05, 4.69) is 0 Å². The molecular weight excluding hydrogens is 314 g/mol. The van der Waals surface area contributed by atoms with Crippen molar-refractivity contribution in [1.82, 2.24) is 0 Å². The standard InChI is InChI=1S/C18H18ClNO3/c1-2-22-18(21)17-12-16(13-6-4-3-5-7-13)20(23-17)15-10-8-14(19)9-11-15/h3-11,16-17H,2,12H2,1H3/t16-,17-/m1/s1. The second kappa shape index (κ2) is 7.02. The molecule has 0 unspecified atom stereocenters. The number of hydrogen-bond acceptors (Lipinski definition) is 4. The Kier molecular flexibility index (Phi) is 4.84. The molecule has 1 heterocycles. The molecule has 1 aliphatic rings. The average Bonchev–Trinajstić information content (AvgIpc) is 3.02. The van der Waals surface area contributed by atoms with E-state index in [-0.39, 0.29) is 12.0 Å². The number of carbonyl (C=O) groups is 1. The van der Waals surface area contributed by atoms with Crippen LogP contribution in [0.3, 0.4) is 0 Å². The normalized spacial score (nSPS) is 20.5. The second-order valence-corrected chi connectivity index (χ2v) is 5.75. The highest BCUT2D eigenvalue weighted by molar-refractivity contribution is 6.30. The van der Waals surface area contributed by atoms with Crippen molar-refractivity contribution < 1.29 is 14.4 Å². The third-order valence-electron chi connectivity index (χ3n) is 3.78. The zero-order chi connectivity index (χ0) is 16.2. The molecule has 5 heteroatoms. The first kappa shape index (κ1) is 15.8. The predicted molar refractivity (Wildman–Crippen MR) is 89.2 cm³/mol. The smallest absolute Gasteiger partial charge is 0.338 e. The van der Waals surface area contributed by atoms with Crippen LogP contribution in [0.25, 0.3) is 0 Å². The van der Waals surface area contributed by atoms with Crippen LogP contribution in [0.4, 0.5) is 5.69 Å². The van der Waals surface area contributed by atoms with Gasteiger partial charge in [0.15, 0.2) is 6.10 Å². The van der Waals surface area contributed by atoms with E-state index >= 15 is 0 Å². The van der Waals surface area contributed by atoms with Gasteiger partial charge in [-0.05, 0) is 36.8 Å². The van der Waals surface area contributed by atoms with Crippen LogP contribution in [0.15, 0.2) is 54.6 Å². The lowest BCUT2D eigenvalue weighted by Gasteiger charge is -2.25. The van der Waals surface area contributed by atoms with Gasteiger partial charge in [-0.1, -0.05) is 41.9 Å². The Bertz CT molecular complexity index is 660. The van der Waals surface area contributed by atoms with Crippen molar-refractivity contribution in [3.63, 3.8) is 0 Å². The molecule has 2 aromatic rings. The molecule has 1 fully saturated rings. The summed E-state index contributed by atoms with van der Waals surface area (Å²) >= 11 is 5.96. The van der Waals surface area contributed by atoms with E-state index in [0.29, 0.717) is 18.1 Å². The van der Waals surface area contributed by atoms with Gasteiger partial charge >= 0.3 is 5.97 Å². The fourth-order valence-electron chi connectivity index (χ4n) is 2.70. The summed E-state index contributed by atoms with van der Waals surface area (Å²) in [5, 5.41) is 2.43. The number of hydrogen-bond donors (Lipinski definition) is 0. The summed E-state index contributed by atoms with van der Waals surface area (Å²) in [5.74, 6) is -0.329. The largest absolute Gasteiger partial charge is 0.464 e. The Morgan fingerprint density at radius 2 is 1.91 bits per heavy atom. The minimum Gasteiger partial charge on any atom is -0.464 e. The molecule has 0 spiro atoms. The summed E-state index contributed by atoms with van der Waals surface area (Å²) in [5.41, 5.74) is 1.95. The van der Waals surface area contributed by atoms with Crippen LogP contribution >= 0.6 is 11.6 Å². The number of anilines is 1. The monoisotopic (exact) mass is 331 g/mol. The Morgan fingerprint density at radius 1 is 1.22 bits per heavy atom. The van der Waals surface area contributed by atoms with E-state index in [9.17, 15) is 4.79 Å². The van der Waals surface area contributed by atoms with Gasteiger partial charge in [-0.15, -0.1) is 0 Å². The molecule has 0 radical (unpaired) electrons. The Morgan fingerprint density at radius 3 is 2.57 bits per heavy atom. The fourth-order valence-corrected chi connectivity index (χ4v) is 2.83. The van der Waals surface area contributed by atoms with Gasteiger partial charge in [0.1, 0.15) is 0 Å². The van der Waals surface area contributed by atoms with Crippen LogP contribution < -0.4 is 5.06 Å². The predicted octanol–water partition coefficient (Wildman–Crippen LogP) is 4.15. The Balaban J connectivity index is 1.90. The van der Waals surface area contributed by atoms with Crippen molar-refractivity contribution in [2.75, 3.05) is 11.7 Å². The number of benzene rings is 2. The lowest BCUT2D eigenvalue weighted by molar-refractivity contribution is -0.154. The van der Waals surface area contributed by atoms with Gasteiger partial charge in [-0.2, -0.15) is 0 Å². The third-order valence-corrected chi connectivity index (χ3v) is 4.03. The summed E-state index contributed by atoms with van der Waals surface area (Å²) in [6.45, 7) is 2.13. The van der Waals surface area contributed by atoms with E-state index in [1.54, 1.807) is 24.1 Å². The highest BCUT2D eigenvalue weighted by atomic mass is 35.5. The quantitative estimate of drug-likeness (QED) is 0.789. The van der Waals surface area contributed by atoms with Gasteiger partial charge in [0, 0.05) is 11.4 Å². The molecule has 4 nitrogen and oxygen atoms in total. The van der Waals surface area contributed by atoms with Gasteiger partial charge in [0.2, 0.25) is 0 Å². The molecule has 0 amide bonds. The van der Waals surface area contributed by atoms with Crippen LogP contribution in [0.1, 0.15) is 24.9 Å². The molecule has 2 aromatic carbocycles. The number of hydroxylamine groups is 1. The van der Waals surface area contributed by atoms with Crippen molar-refractivity contribution in [2.24, 2.45) is 0 Å². The van der Waals surface area contributed by atoms with Crippen molar-refractivity contribution in [3.05, 3.63) is 65.2 Å². The maximum atomic E-state index is 12.1. The molecule has 1 aliphatic heterocycles. The summed E-state index contributed by atoms with van der Waals surface area (Å²) in [6, 6.07) is 17.3. The zero-order valence-electron chi connectivity index (χ0n) is 12.8. The number of halogens is 1. The van der Waals surface area contributed by atoms with Crippen LogP contribution in [-0.2, 0) is 14.4 Å². The molecule has 120 valence electrons. The average molecular weight is 332 g/mol. The lowest BCUT2D eigenvalue weighted by atomic mass is 10.0. The first-order valence-corrected chi connectivity index (χ1v) is 8.00. The molecule has 0 aliphatic carbocycles. The molecule has 0 N–H and O–H groups in total. The van der Waals surface area contributed by atoms with Crippen LogP contribution in [-0.4, -0.2) is 18.7 Å². The second-order valence-electron chi connectivity index (χ2n) is 5.31. The van der Waals surface area contributed by atoms with Crippen LogP contribution in [0, 0.1) is 0 Å². The van der Waals surface area contributed by atoms with Gasteiger partial charge < -0.3 is 4.74 Å². The van der Waals surface area contributed by atoms with Crippen molar-refractivity contribution >= 4 is 23.3 Å². The molecule has 0 aromatic heterocycles. The molecule has 23 heavy (non-hydrogen) atoms. The summed E-state index contributed by atoms with van der Waals surface area (Å²) in [4.78, 5) is 17.9. The molecule has 0 saturated carbocycles. The number of esters is 1. The maximum Gasteiger partial charge on any atom is 0.338 e. The van der Waals surface area contributed by atoms with Crippen LogP contribution in [0.2, 0.25) is 5.02 Å². The number of rotatable bonds is 4. The number of ether oxygens (including phenoxy) is 1. The third kappa shape index (κ3) is 3.49. The first-order valence-electron chi connectivity index (χ1n) is 7.62. The lowest BCUT2D eigenvalue weighted by Crippen LogP contribution is -2.26. The van der Waals surface area contributed by atoms with E-state index in [0.717, 1.165) is 11.3 Å². The molecule has 3 rings (SSSR count). The number of nitrogens with zero attached hydrogens (tertiary/aromatic N) is 1. The Labute approximate surface area is 140 Å². The minimum absolute atomic E-state index is 0.0493.